The summed E-state index contributed by atoms with van der Waals surface area (Å²) in [7, 11) is 0. The van der Waals surface area contributed by atoms with Gasteiger partial charge < -0.3 is 0 Å². The van der Waals surface area contributed by atoms with Crippen molar-refractivity contribution in [3.05, 3.63) is 24.0 Å². The molecule has 0 bridgehead atoms. The summed E-state index contributed by atoms with van der Waals surface area (Å²) in [5.74, 6) is -0.792. The van der Waals surface area contributed by atoms with Crippen LogP contribution in [-0.4, -0.2) is 37.1 Å². The van der Waals surface area contributed by atoms with E-state index in [1.54, 1.807) is 0 Å². The van der Waals surface area contributed by atoms with E-state index in [4.69, 9.17) is 0 Å². The Kier molecular flexibility index (Phi) is 2.21. The van der Waals surface area contributed by atoms with Gasteiger partial charge in [-0.05, 0) is 0 Å². The molecular weight excluding hydrogens is 375 g/mol. The topological polar surface area (TPSA) is 77.7 Å². The van der Waals surface area contributed by atoms with Gasteiger partial charge in [0.2, 0.25) is 0 Å². The number of carbonyl (C=O) groups is 2. The van der Waals surface area contributed by atoms with Crippen LogP contribution in [0.25, 0.3) is 0 Å². The monoisotopic (exact) mass is 378 g/mol. The molecule has 2 aliphatic rings. The Morgan fingerprint density at radius 3 is 1.77 bits per heavy atom. The number of hydrogen-bond donors (Lipinski definition) is 0. The third-order valence-electron chi connectivity index (χ3n) is 1.14. The van der Waals surface area contributed by atoms with Gasteiger partial charge in [0.25, 0.3) is 0 Å². The zero-order chi connectivity index (χ0) is 9.26. The quantitative estimate of drug-likeness (QED) is 0.606. The second kappa shape index (κ2) is 3.36. The van der Waals surface area contributed by atoms with E-state index in [1.807, 2.05) is 0 Å². The van der Waals surface area contributed by atoms with E-state index in [9.17, 15) is 9.59 Å². The van der Waals surface area contributed by atoms with Gasteiger partial charge >= 0.3 is 85.6 Å². The van der Waals surface area contributed by atoms with Crippen LogP contribution in [0.3, 0.4) is 0 Å². The molecule has 0 aliphatic carbocycles. The molecule has 6 nitrogen and oxygen atoms in total. The van der Waals surface area contributed by atoms with Gasteiger partial charge in [-0.3, -0.25) is 0 Å². The van der Waals surface area contributed by atoms with Crippen molar-refractivity contribution in [3.63, 3.8) is 0 Å². The van der Waals surface area contributed by atoms with Crippen LogP contribution < -0.4 is 0 Å². The summed E-state index contributed by atoms with van der Waals surface area (Å²) in [5, 5.41) is 0. The molecule has 2 rings (SSSR count). The van der Waals surface area contributed by atoms with Crippen molar-refractivity contribution in [2.75, 3.05) is 0 Å². The Morgan fingerprint density at radius 1 is 1.08 bits per heavy atom. The van der Waals surface area contributed by atoms with Gasteiger partial charge in [-0.2, -0.15) is 0 Å². The van der Waals surface area contributed by atoms with Gasteiger partial charge in [0.1, 0.15) is 0 Å². The van der Waals surface area contributed by atoms with E-state index in [0.29, 0.717) is 0 Å². The van der Waals surface area contributed by atoms with Crippen LogP contribution >= 0.6 is 0 Å². The molecule has 7 heteroatoms. The van der Waals surface area contributed by atoms with E-state index >= 15 is 0 Å². The molecule has 0 spiro atoms. The first-order valence-electron chi connectivity index (χ1n) is 3.18. The molecule has 0 amide bonds. The number of rotatable bonds is 4. The fourth-order valence-corrected chi connectivity index (χ4v) is 1.98. The second-order valence-corrected chi connectivity index (χ2v) is 4.30. The summed E-state index contributed by atoms with van der Waals surface area (Å²) >= 11 is -2.10. The average Bonchev–Trinajstić information content (AvgIpc) is 2.95. The zero-order valence-electron chi connectivity index (χ0n) is 6.10. The first kappa shape index (κ1) is 8.54. The summed E-state index contributed by atoms with van der Waals surface area (Å²) in [4.78, 5) is 21.5. The molecule has 0 aromatic rings. The summed E-state index contributed by atoms with van der Waals surface area (Å²) in [6.45, 7) is 0. The number of ether oxygens (including phenoxy) is 2. The van der Waals surface area contributed by atoms with Crippen molar-refractivity contribution in [2.24, 2.45) is 0 Å². The molecule has 2 aliphatic heterocycles. The molecule has 0 unspecified atom stereocenters. The molecule has 66 valence electrons. The standard InChI is InChI=1S/2C3H2O3.Pb/c2*4-3(5)2-1-6-2;/h2*1H,(H,4,5);/q;;+2/p-2. The Hall–Kier alpha value is -1.06. The van der Waals surface area contributed by atoms with Crippen molar-refractivity contribution in [3.8, 4) is 0 Å². The van der Waals surface area contributed by atoms with Crippen LogP contribution in [0.2, 0.25) is 0 Å². The summed E-state index contributed by atoms with van der Waals surface area (Å²) in [6.07, 6.45) is 2.53. The molecule has 0 N–H and O–H groups in total. The number of carbonyl (C=O) groups excluding carboxylic acids is 2. The first-order chi connectivity index (χ1) is 6.27. The SMILES string of the molecule is O=C([O][Pb][O]C(=O)C1=CO1)C1=CO1. The Balaban J connectivity index is 1.62. The molecule has 13 heavy (non-hydrogen) atoms. The summed E-state index contributed by atoms with van der Waals surface area (Å²) in [5.41, 5.74) is 0. The van der Waals surface area contributed by atoms with Crippen molar-refractivity contribution in [1.29, 1.82) is 0 Å². The van der Waals surface area contributed by atoms with Gasteiger partial charge in [0, 0.05) is 0 Å². The minimum absolute atomic E-state index is 0.172. The Labute approximate surface area is 85.6 Å². The van der Waals surface area contributed by atoms with Crippen molar-refractivity contribution < 1.29 is 24.4 Å². The molecule has 0 fully saturated rings. The predicted octanol–water partition coefficient (Wildman–Crippen LogP) is -0.650. The van der Waals surface area contributed by atoms with E-state index in [0.717, 1.165) is 0 Å². The molecule has 0 saturated carbocycles. The Morgan fingerprint density at radius 2 is 1.46 bits per heavy atom. The maximum atomic E-state index is 10.8. The molecule has 2 heterocycles. The van der Waals surface area contributed by atoms with Crippen molar-refractivity contribution in [2.45, 2.75) is 0 Å². The second-order valence-electron chi connectivity index (χ2n) is 2.06. The first-order valence-corrected chi connectivity index (χ1v) is 6.36. The third-order valence-corrected chi connectivity index (χ3v) is 3.23. The van der Waals surface area contributed by atoms with Gasteiger partial charge in [0.05, 0.1) is 0 Å². The number of hydrogen-bond acceptors (Lipinski definition) is 6. The molecule has 0 aromatic heterocycles. The van der Waals surface area contributed by atoms with Gasteiger partial charge in [0.15, 0.2) is 0 Å². The third kappa shape index (κ3) is 2.44. The van der Waals surface area contributed by atoms with Crippen LogP contribution in [-0.2, 0) is 24.4 Å². The molecule has 0 saturated heterocycles. The van der Waals surface area contributed by atoms with Crippen LogP contribution in [0, 0.1) is 0 Å². The fourth-order valence-electron chi connectivity index (χ4n) is 0.448. The zero-order valence-corrected chi connectivity index (χ0v) is 9.99. The summed E-state index contributed by atoms with van der Waals surface area (Å²) < 4.78 is 18.2. The van der Waals surface area contributed by atoms with E-state index in [1.165, 1.54) is 12.5 Å². The fraction of sp³-hybridized carbons (Fsp3) is 0. The van der Waals surface area contributed by atoms with E-state index in [2.05, 4.69) is 14.8 Å². The van der Waals surface area contributed by atoms with E-state index in [-0.39, 0.29) is 11.5 Å². The van der Waals surface area contributed by atoms with Crippen LogP contribution in [0.15, 0.2) is 24.0 Å². The minimum atomic E-state index is -2.10. The normalized spacial score (nSPS) is 15.7. The van der Waals surface area contributed by atoms with E-state index < -0.39 is 37.1 Å². The van der Waals surface area contributed by atoms with Crippen LogP contribution in [0.4, 0.5) is 0 Å². The van der Waals surface area contributed by atoms with Gasteiger partial charge in [-0.25, -0.2) is 0 Å². The van der Waals surface area contributed by atoms with Crippen molar-refractivity contribution in [1.82, 2.24) is 0 Å². The average molecular weight is 377 g/mol. The molecule has 0 aromatic carbocycles. The van der Waals surface area contributed by atoms with Crippen molar-refractivity contribution >= 4 is 37.1 Å². The summed E-state index contributed by atoms with van der Waals surface area (Å²) in [6, 6.07) is 0. The van der Waals surface area contributed by atoms with Crippen LogP contribution in [0.5, 0.6) is 0 Å². The van der Waals surface area contributed by atoms with Gasteiger partial charge in [-0.15, -0.1) is 0 Å². The molecular formula is C6H2O6Pb. The van der Waals surface area contributed by atoms with Crippen LogP contribution in [0.1, 0.15) is 0 Å². The molecule has 0 atom stereocenters. The molecule has 2 radical (unpaired) electrons. The predicted molar refractivity (Wildman–Crippen MR) is 36.3 cm³/mol. The van der Waals surface area contributed by atoms with Gasteiger partial charge in [-0.1, -0.05) is 0 Å². The maximum absolute atomic E-state index is 10.8. The Bertz CT molecular complexity index is 298.